The van der Waals surface area contributed by atoms with Gasteiger partial charge in [-0.1, -0.05) is 12.0 Å². The lowest BCUT2D eigenvalue weighted by Crippen LogP contribution is -2.43. The van der Waals surface area contributed by atoms with E-state index >= 15 is 4.39 Å². The molecule has 0 radical (unpaired) electrons. The topological polar surface area (TPSA) is 74.6 Å². The van der Waals surface area contributed by atoms with Gasteiger partial charge >= 0.3 is 6.01 Å². The van der Waals surface area contributed by atoms with Crippen LogP contribution in [0.3, 0.4) is 0 Å². The molecule has 7 rings (SSSR count). The maximum absolute atomic E-state index is 16.6. The van der Waals surface area contributed by atoms with Gasteiger partial charge in [0.05, 0.1) is 23.0 Å². The highest BCUT2D eigenvalue weighted by atomic mass is 19.1. The number of aromatic hydroxyl groups is 1. The number of halogens is 4. The molecule has 3 atom stereocenters. The number of hydrogen-bond donors (Lipinski definition) is 1. The summed E-state index contributed by atoms with van der Waals surface area (Å²) < 4.78 is 66.3. The van der Waals surface area contributed by atoms with Gasteiger partial charge < -0.3 is 14.7 Å². The van der Waals surface area contributed by atoms with Gasteiger partial charge in [-0.15, -0.1) is 6.42 Å². The van der Waals surface area contributed by atoms with Gasteiger partial charge in [0, 0.05) is 36.7 Å². The summed E-state index contributed by atoms with van der Waals surface area (Å²) in [5.74, 6) is 0.902. The van der Waals surface area contributed by atoms with Crippen LogP contribution in [0.15, 0.2) is 30.5 Å². The second-order valence-corrected chi connectivity index (χ2v) is 11.7. The number of nitrogens with zero attached hydrogens (tertiary/aromatic N) is 5. The number of ether oxygens (including phenoxy) is 1. The Labute approximate surface area is 245 Å². The average Bonchev–Trinajstić information content (AvgIpc) is 3.51. The molecule has 0 unspecified atom stereocenters. The zero-order chi connectivity index (χ0) is 29.9. The van der Waals surface area contributed by atoms with Crippen LogP contribution in [0.2, 0.25) is 0 Å². The Kier molecular flexibility index (Phi) is 6.77. The van der Waals surface area contributed by atoms with Crippen molar-refractivity contribution in [3.63, 3.8) is 0 Å². The molecule has 11 heteroatoms. The summed E-state index contributed by atoms with van der Waals surface area (Å²) in [6.07, 6.45) is 8.02. The van der Waals surface area contributed by atoms with Gasteiger partial charge in [0.2, 0.25) is 0 Å². The van der Waals surface area contributed by atoms with E-state index in [4.69, 9.17) is 11.2 Å². The number of phenols is 1. The molecule has 4 aromatic rings. The van der Waals surface area contributed by atoms with Crippen molar-refractivity contribution in [2.24, 2.45) is 0 Å². The highest BCUT2D eigenvalue weighted by Gasteiger charge is 2.49. The SMILES string of the molecule is C#Cc1c(F)ccc2cc(O)cc(-c3ncc4c(N5CCC[C@@H](F)C5)nc(OC[C@@]56CCCN5C[C@H](F)C6)nc4c3F)c12. The molecule has 3 aliphatic rings. The van der Waals surface area contributed by atoms with Crippen LogP contribution >= 0.6 is 0 Å². The van der Waals surface area contributed by atoms with Gasteiger partial charge in [-0.2, -0.15) is 9.97 Å². The highest BCUT2D eigenvalue weighted by molar-refractivity contribution is 6.03. The Morgan fingerprint density at radius 3 is 2.77 bits per heavy atom. The molecular formula is C32H29F4N5O2. The van der Waals surface area contributed by atoms with Crippen LogP contribution in [-0.4, -0.2) is 75.6 Å². The van der Waals surface area contributed by atoms with E-state index in [2.05, 4.69) is 25.8 Å². The summed E-state index contributed by atoms with van der Waals surface area (Å²) in [6, 6.07) is 5.20. The van der Waals surface area contributed by atoms with E-state index in [1.165, 1.54) is 30.5 Å². The van der Waals surface area contributed by atoms with Crippen LogP contribution in [0.1, 0.15) is 37.7 Å². The molecule has 3 saturated heterocycles. The van der Waals surface area contributed by atoms with Crippen molar-refractivity contribution in [3.8, 4) is 35.4 Å². The van der Waals surface area contributed by atoms with E-state index in [0.29, 0.717) is 37.7 Å². The number of phenolic OH excluding ortho intramolecular Hbond substituents is 1. The predicted molar refractivity (Wildman–Crippen MR) is 155 cm³/mol. The minimum absolute atomic E-state index is 0.0676. The molecule has 7 nitrogen and oxygen atoms in total. The minimum Gasteiger partial charge on any atom is -0.508 e. The van der Waals surface area contributed by atoms with Gasteiger partial charge in [0.1, 0.15) is 47.5 Å². The van der Waals surface area contributed by atoms with Crippen molar-refractivity contribution in [2.75, 3.05) is 37.7 Å². The number of benzene rings is 2. The van der Waals surface area contributed by atoms with Crippen LogP contribution in [-0.2, 0) is 0 Å². The maximum Gasteiger partial charge on any atom is 0.319 e. The van der Waals surface area contributed by atoms with Crippen molar-refractivity contribution in [2.45, 2.75) is 50.0 Å². The quantitative estimate of drug-likeness (QED) is 0.236. The van der Waals surface area contributed by atoms with E-state index in [1.54, 1.807) is 4.90 Å². The second kappa shape index (κ2) is 10.5. The lowest BCUT2D eigenvalue weighted by atomic mass is 9.95. The summed E-state index contributed by atoms with van der Waals surface area (Å²) in [5.41, 5.74) is -0.815. The number of hydrogen-bond acceptors (Lipinski definition) is 7. The first kappa shape index (κ1) is 27.7. The molecule has 3 aliphatic heterocycles. The molecule has 5 heterocycles. The van der Waals surface area contributed by atoms with Gasteiger partial charge in [0.15, 0.2) is 5.82 Å². The normalized spacial score (nSPS) is 24.0. The molecule has 222 valence electrons. The molecular weight excluding hydrogens is 562 g/mol. The van der Waals surface area contributed by atoms with Crippen LogP contribution in [0.25, 0.3) is 32.9 Å². The Balaban J connectivity index is 1.38. The van der Waals surface area contributed by atoms with E-state index in [1.807, 2.05) is 0 Å². The zero-order valence-corrected chi connectivity index (χ0v) is 23.3. The predicted octanol–water partition coefficient (Wildman–Crippen LogP) is 5.70. The van der Waals surface area contributed by atoms with Gasteiger partial charge in [-0.3, -0.25) is 9.88 Å². The first-order valence-electron chi connectivity index (χ1n) is 14.5. The third kappa shape index (κ3) is 4.68. The molecule has 0 bridgehead atoms. The number of anilines is 1. The Bertz CT molecular complexity index is 1800. The summed E-state index contributed by atoms with van der Waals surface area (Å²) >= 11 is 0. The van der Waals surface area contributed by atoms with Gasteiger partial charge in [-0.05, 0) is 55.8 Å². The van der Waals surface area contributed by atoms with E-state index in [0.717, 1.165) is 19.4 Å². The average molecular weight is 592 g/mol. The van der Waals surface area contributed by atoms with Crippen molar-refractivity contribution in [1.29, 1.82) is 0 Å². The van der Waals surface area contributed by atoms with Crippen molar-refractivity contribution in [3.05, 3.63) is 47.7 Å². The maximum atomic E-state index is 16.6. The molecule has 2 aromatic heterocycles. The second-order valence-electron chi connectivity index (χ2n) is 11.7. The molecule has 1 N–H and O–H groups in total. The molecule has 0 saturated carbocycles. The third-order valence-corrected chi connectivity index (χ3v) is 8.99. The van der Waals surface area contributed by atoms with Crippen LogP contribution in [0.5, 0.6) is 11.8 Å². The summed E-state index contributed by atoms with van der Waals surface area (Å²) in [4.78, 5) is 17.2. The van der Waals surface area contributed by atoms with E-state index < -0.39 is 29.5 Å². The van der Waals surface area contributed by atoms with Gasteiger partial charge in [-0.25, -0.2) is 17.6 Å². The number of aromatic nitrogens is 3. The van der Waals surface area contributed by atoms with E-state index in [9.17, 15) is 18.3 Å². The van der Waals surface area contributed by atoms with Crippen molar-refractivity contribution >= 4 is 27.5 Å². The first-order chi connectivity index (χ1) is 20.8. The first-order valence-corrected chi connectivity index (χ1v) is 14.5. The van der Waals surface area contributed by atoms with Crippen LogP contribution in [0.4, 0.5) is 23.4 Å². The molecule has 0 spiro atoms. The zero-order valence-electron chi connectivity index (χ0n) is 23.3. The van der Waals surface area contributed by atoms with Crippen molar-refractivity contribution in [1.82, 2.24) is 19.9 Å². The number of fused-ring (bicyclic) bond motifs is 3. The summed E-state index contributed by atoms with van der Waals surface area (Å²) in [6.45, 7) is 1.82. The fraction of sp³-hybridized carbons (Fsp3) is 0.406. The fourth-order valence-corrected chi connectivity index (χ4v) is 7.03. The Morgan fingerprint density at radius 2 is 1.95 bits per heavy atom. The Morgan fingerprint density at radius 1 is 1.09 bits per heavy atom. The molecule has 43 heavy (non-hydrogen) atoms. The lowest BCUT2D eigenvalue weighted by molar-refractivity contribution is 0.107. The highest BCUT2D eigenvalue weighted by Crippen LogP contribution is 2.42. The van der Waals surface area contributed by atoms with Crippen LogP contribution in [0, 0.1) is 24.0 Å². The Hall–Kier alpha value is -4.17. The number of rotatable bonds is 5. The standard InChI is InChI=1S/C32H29F4N5O2/c1-2-22-25(35)7-6-18-11-21(42)12-23(26(18)22)28-27(36)29-24(14-37-28)30(40-9-3-5-19(33)15-40)39-31(38-29)43-17-32-8-4-10-41(32)16-20(34)13-32/h1,6-7,11-12,14,19-20,42H,3-5,8-10,13,15-17H2/t19-,20-,32+/m1/s1. The number of terminal acetylenes is 1. The van der Waals surface area contributed by atoms with Gasteiger partial charge in [0.25, 0.3) is 0 Å². The van der Waals surface area contributed by atoms with Crippen molar-refractivity contribution < 1.29 is 27.4 Å². The van der Waals surface area contributed by atoms with Crippen LogP contribution < -0.4 is 9.64 Å². The summed E-state index contributed by atoms with van der Waals surface area (Å²) in [5, 5.41) is 11.3. The molecule has 2 aromatic carbocycles. The monoisotopic (exact) mass is 591 g/mol. The fourth-order valence-electron chi connectivity index (χ4n) is 7.03. The number of pyridine rings is 1. The molecule has 0 amide bonds. The smallest absolute Gasteiger partial charge is 0.319 e. The lowest BCUT2D eigenvalue weighted by Gasteiger charge is -2.32. The largest absolute Gasteiger partial charge is 0.508 e. The van der Waals surface area contributed by atoms with E-state index in [-0.39, 0.29) is 63.8 Å². The molecule has 3 fully saturated rings. The molecule has 0 aliphatic carbocycles. The number of alkyl halides is 2. The minimum atomic E-state index is -1.08. The third-order valence-electron chi connectivity index (χ3n) is 8.99. The number of piperidine rings is 1. The summed E-state index contributed by atoms with van der Waals surface area (Å²) in [7, 11) is 0.